The number of hydrogen-bond donors (Lipinski definition) is 1. The molecule has 0 saturated heterocycles. The molecule has 0 aliphatic carbocycles. The normalized spacial score (nSPS) is 10.2. The minimum Gasteiger partial charge on any atom is -0.493 e. The Bertz CT molecular complexity index is 682. The molecule has 0 atom stereocenters. The van der Waals surface area contributed by atoms with Gasteiger partial charge < -0.3 is 19.7 Å². The summed E-state index contributed by atoms with van der Waals surface area (Å²) in [5.41, 5.74) is 2.81. The predicted molar refractivity (Wildman–Crippen MR) is 96.4 cm³/mol. The zero-order valence-electron chi connectivity index (χ0n) is 14.6. The first-order valence-electron chi connectivity index (χ1n) is 7.81. The SMILES string of the molecule is COc1ccc(CCNC(=O)c2ccc(N(C)C)cc2)cc1OC. The van der Waals surface area contributed by atoms with Crippen molar-refractivity contribution in [3.8, 4) is 11.5 Å². The number of carbonyl (C=O) groups excluding carboxylic acids is 1. The first-order chi connectivity index (χ1) is 11.5. The molecule has 0 spiro atoms. The fourth-order valence-corrected chi connectivity index (χ4v) is 2.37. The van der Waals surface area contributed by atoms with Gasteiger partial charge in [0.15, 0.2) is 11.5 Å². The van der Waals surface area contributed by atoms with E-state index in [0.717, 1.165) is 17.7 Å². The lowest BCUT2D eigenvalue weighted by Crippen LogP contribution is -2.25. The molecule has 0 unspecified atom stereocenters. The van der Waals surface area contributed by atoms with E-state index in [2.05, 4.69) is 5.32 Å². The zero-order chi connectivity index (χ0) is 17.5. The van der Waals surface area contributed by atoms with Gasteiger partial charge in [0, 0.05) is 31.9 Å². The number of nitrogens with zero attached hydrogens (tertiary/aromatic N) is 1. The Morgan fingerprint density at radius 3 is 2.25 bits per heavy atom. The Labute approximate surface area is 143 Å². The number of methoxy groups -OCH3 is 2. The van der Waals surface area contributed by atoms with Crippen LogP contribution in [0.4, 0.5) is 5.69 Å². The Morgan fingerprint density at radius 1 is 1.00 bits per heavy atom. The second-order valence-electron chi connectivity index (χ2n) is 5.64. The number of anilines is 1. The summed E-state index contributed by atoms with van der Waals surface area (Å²) in [6, 6.07) is 13.3. The van der Waals surface area contributed by atoms with E-state index >= 15 is 0 Å². The average molecular weight is 328 g/mol. The third kappa shape index (κ3) is 4.41. The van der Waals surface area contributed by atoms with Crippen molar-refractivity contribution in [2.24, 2.45) is 0 Å². The molecule has 128 valence electrons. The van der Waals surface area contributed by atoms with Crippen LogP contribution in [0.25, 0.3) is 0 Å². The average Bonchev–Trinajstić information content (AvgIpc) is 2.61. The van der Waals surface area contributed by atoms with Gasteiger partial charge in [-0.2, -0.15) is 0 Å². The van der Waals surface area contributed by atoms with Gasteiger partial charge in [0.25, 0.3) is 5.91 Å². The van der Waals surface area contributed by atoms with Crippen LogP contribution in [0.15, 0.2) is 42.5 Å². The highest BCUT2D eigenvalue weighted by atomic mass is 16.5. The molecule has 1 N–H and O–H groups in total. The van der Waals surface area contributed by atoms with Crippen LogP contribution in [-0.2, 0) is 6.42 Å². The third-order valence-corrected chi connectivity index (χ3v) is 3.79. The summed E-state index contributed by atoms with van der Waals surface area (Å²) in [7, 11) is 7.16. The van der Waals surface area contributed by atoms with Crippen molar-refractivity contribution in [2.75, 3.05) is 39.8 Å². The van der Waals surface area contributed by atoms with Crippen molar-refractivity contribution in [1.82, 2.24) is 5.32 Å². The van der Waals surface area contributed by atoms with Gasteiger partial charge in [0.2, 0.25) is 0 Å². The molecule has 0 aliphatic rings. The van der Waals surface area contributed by atoms with Gasteiger partial charge in [-0.05, 0) is 48.4 Å². The van der Waals surface area contributed by atoms with Crippen LogP contribution in [0.1, 0.15) is 15.9 Å². The van der Waals surface area contributed by atoms with E-state index in [-0.39, 0.29) is 5.91 Å². The van der Waals surface area contributed by atoms with Crippen LogP contribution in [0.5, 0.6) is 11.5 Å². The molecule has 0 aliphatic heterocycles. The summed E-state index contributed by atoms with van der Waals surface area (Å²) in [6.07, 6.45) is 0.724. The highest BCUT2D eigenvalue weighted by Crippen LogP contribution is 2.27. The minimum absolute atomic E-state index is 0.0687. The summed E-state index contributed by atoms with van der Waals surface area (Å²) in [5, 5.41) is 2.94. The lowest BCUT2D eigenvalue weighted by atomic mass is 10.1. The smallest absolute Gasteiger partial charge is 0.251 e. The standard InChI is InChI=1S/C19H24N2O3/c1-21(2)16-8-6-15(7-9-16)19(22)20-12-11-14-5-10-17(23-3)18(13-14)24-4/h5-10,13H,11-12H2,1-4H3,(H,20,22). The monoisotopic (exact) mass is 328 g/mol. The number of benzene rings is 2. The highest BCUT2D eigenvalue weighted by molar-refractivity contribution is 5.94. The van der Waals surface area contributed by atoms with Crippen LogP contribution in [0.3, 0.4) is 0 Å². The van der Waals surface area contributed by atoms with Gasteiger partial charge in [0.1, 0.15) is 0 Å². The van der Waals surface area contributed by atoms with E-state index in [9.17, 15) is 4.79 Å². The molecular weight excluding hydrogens is 304 g/mol. The fourth-order valence-electron chi connectivity index (χ4n) is 2.37. The van der Waals surface area contributed by atoms with E-state index in [1.54, 1.807) is 14.2 Å². The maximum absolute atomic E-state index is 12.2. The molecule has 24 heavy (non-hydrogen) atoms. The molecule has 1 amide bonds. The van der Waals surface area contributed by atoms with Crippen molar-refractivity contribution in [3.05, 3.63) is 53.6 Å². The Hall–Kier alpha value is -2.69. The molecular formula is C19H24N2O3. The van der Waals surface area contributed by atoms with Gasteiger partial charge in [-0.15, -0.1) is 0 Å². The highest BCUT2D eigenvalue weighted by Gasteiger charge is 2.07. The molecule has 0 bridgehead atoms. The quantitative estimate of drug-likeness (QED) is 0.849. The molecule has 0 saturated carbocycles. The summed E-state index contributed by atoms with van der Waals surface area (Å²) >= 11 is 0. The molecule has 0 fully saturated rings. The van der Waals surface area contributed by atoms with E-state index < -0.39 is 0 Å². The summed E-state index contributed by atoms with van der Waals surface area (Å²) < 4.78 is 10.5. The van der Waals surface area contributed by atoms with Gasteiger partial charge in [-0.3, -0.25) is 4.79 Å². The lowest BCUT2D eigenvalue weighted by Gasteiger charge is -2.13. The van der Waals surface area contributed by atoms with Crippen molar-refractivity contribution >= 4 is 11.6 Å². The number of nitrogens with one attached hydrogen (secondary N) is 1. The Morgan fingerprint density at radius 2 is 1.67 bits per heavy atom. The molecule has 2 rings (SSSR count). The summed E-state index contributed by atoms with van der Waals surface area (Å²) in [5.74, 6) is 1.33. The summed E-state index contributed by atoms with van der Waals surface area (Å²) in [6.45, 7) is 0.559. The van der Waals surface area contributed by atoms with Crippen molar-refractivity contribution in [1.29, 1.82) is 0 Å². The van der Waals surface area contributed by atoms with Crippen LogP contribution < -0.4 is 19.7 Å². The van der Waals surface area contributed by atoms with Gasteiger partial charge in [-0.25, -0.2) is 0 Å². The number of carbonyl (C=O) groups is 1. The zero-order valence-corrected chi connectivity index (χ0v) is 14.6. The number of rotatable bonds is 7. The number of hydrogen-bond acceptors (Lipinski definition) is 4. The van der Waals surface area contributed by atoms with E-state index in [4.69, 9.17) is 9.47 Å². The third-order valence-electron chi connectivity index (χ3n) is 3.79. The van der Waals surface area contributed by atoms with Crippen LogP contribution >= 0.6 is 0 Å². The van der Waals surface area contributed by atoms with E-state index in [1.165, 1.54) is 0 Å². The van der Waals surface area contributed by atoms with Crippen molar-refractivity contribution in [2.45, 2.75) is 6.42 Å². The fraction of sp³-hybridized carbons (Fsp3) is 0.316. The van der Waals surface area contributed by atoms with Crippen molar-refractivity contribution < 1.29 is 14.3 Å². The van der Waals surface area contributed by atoms with Crippen LogP contribution in [0.2, 0.25) is 0 Å². The van der Waals surface area contributed by atoms with E-state index in [0.29, 0.717) is 23.6 Å². The molecule has 5 heteroatoms. The number of ether oxygens (including phenoxy) is 2. The Balaban J connectivity index is 1.90. The maximum Gasteiger partial charge on any atom is 0.251 e. The van der Waals surface area contributed by atoms with Gasteiger partial charge in [-0.1, -0.05) is 6.07 Å². The largest absolute Gasteiger partial charge is 0.493 e. The molecule has 0 heterocycles. The van der Waals surface area contributed by atoms with Crippen molar-refractivity contribution in [3.63, 3.8) is 0 Å². The molecule has 0 aromatic heterocycles. The second-order valence-corrected chi connectivity index (χ2v) is 5.64. The molecule has 2 aromatic rings. The first kappa shape index (κ1) is 17.7. The van der Waals surface area contributed by atoms with Gasteiger partial charge >= 0.3 is 0 Å². The predicted octanol–water partition coefficient (Wildman–Crippen LogP) is 2.74. The topological polar surface area (TPSA) is 50.8 Å². The summed E-state index contributed by atoms with van der Waals surface area (Å²) in [4.78, 5) is 14.2. The molecule has 0 radical (unpaired) electrons. The van der Waals surface area contributed by atoms with Gasteiger partial charge in [0.05, 0.1) is 14.2 Å². The molecule has 5 nitrogen and oxygen atoms in total. The molecule has 2 aromatic carbocycles. The van der Waals surface area contributed by atoms with E-state index in [1.807, 2.05) is 61.5 Å². The lowest BCUT2D eigenvalue weighted by molar-refractivity contribution is 0.0954. The minimum atomic E-state index is -0.0687. The number of amides is 1. The Kier molecular flexibility index (Phi) is 6.07. The first-order valence-corrected chi connectivity index (χ1v) is 7.81. The van der Waals surface area contributed by atoms with Crippen LogP contribution in [-0.4, -0.2) is 40.8 Å². The second kappa shape index (κ2) is 8.24. The van der Waals surface area contributed by atoms with Crippen LogP contribution in [0, 0.1) is 0 Å². The maximum atomic E-state index is 12.2.